The van der Waals surface area contributed by atoms with E-state index in [-0.39, 0.29) is 35.6 Å². The van der Waals surface area contributed by atoms with E-state index < -0.39 is 23.7 Å². The molecular weight excluding hydrogens is 526 g/mol. The van der Waals surface area contributed by atoms with Gasteiger partial charge in [-0.25, -0.2) is 0 Å². The molecule has 0 spiro atoms. The fraction of sp³-hybridized carbons (Fsp3) is 0.212. The van der Waals surface area contributed by atoms with Crippen LogP contribution < -0.4 is 4.90 Å². The molecule has 3 aliphatic carbocycles. The molecule has 4 aliphatic rings. The van der Waals surface area contributed by atoms with Crippen LogP contribution in [0, 0.1) is 17.8 Å². The SMILES string of the molecule is CC1=CC(=O)C2=C(C1=O)[C@@H](c1c(O)ccc3ccccc13)C1=CC[C@@H]3C(=O)N(c4ccc(Cl)cc4)C(=O)[C@@H]3[C@@H]1C2. The van der Waals surface area contributed by atoms with Gasteiger partial charge in [0.15, 0.2) is 11.6 Å². The van der Waals surface area contributed by atoms with E-state index in [1.165, 1.54) is 11.0 Å². The van der Waals surface area contributed by atoms with Crippen LogP contribution in [0.2, 0.25) is 5.02 Å². The summed E-state index contributed by atoms with van der Waals surface area (Å²) in [7, 11) is 0. The van der Waals surface area contributed by atoms with Crippen LogP contribution in [0.25, 0.3) is 10.8 Å². The molecule has 3 aromatic carbocycles. The molecule has 7 rings (SSSR count). The summed E-state index contributed by atoms with van der Waals surface area (Å²) in [6, 6.07) is 17.6. The fourth-order valence-electron chi connectivity index (χ4n) is 7.12. The highest BCUT2D eigenvalue weighted by molar-refractivity contribution is 6.31. The van der Waals surface area contributed by atoms with Crippen molar-refractivity contribution >= 4 is 51.4 Å². The van der Waals surface area contributed by atoms with Gasteiger partial charge in [0.25, 0.3) is 0 Å². The number of ketones is 2. The van der Waals surface area contributed by atoms with Gasteiger partial charge >= 0.3 is 0 Å². The minimum Gasteiger partial charge on any atom is -0.508 e. The molecule has 0 aromatic heterocycles. The van der Waals surface area contributed by atoms with Crippen molar-refractivity contribution in [1.82, 2.24) is 0 Å². The number of aromatic hydroxyl groups is 1. The Bertz CT molecular complexity index is 1780. The number of amides is 2. The normalized spacial score (nSPS) is 26.0. The summed E-state index contributed by atoms with van der Waals surface area (Å²) >= 11 is 6.05. The summed E-state index contributed by atoms with van der Waals surface area (Å²) in [6.45, 7) is 1.63. The zero-order valence-corrected chi connectivity index (χ0v) is 22.3. The molecule has 1 heterocycles. The molecule has 2 amide bonds. The molecule has 1 fully saturated rings. The van der Waals surface area contributed by atoms with Crippen molar-refractivity contribution in [2.75, 3.05) is 4.90 Å². The first-order valence-electron chi connectivity index (χ1n) is 13.3. The average molecular weight is 550 g/mol. The molecule has 0 radical (unpaired) electrons. The van der Waals surface area contributed by atoms with Gasteiger partial charge in [-0.05, 0) is 72.9 Å². The number of phenolic OH excluding ortho intramolecular Hbond substituents is 1. The maximum atomic E-state index is 14.0. The Balaban J connectivity index is 1.42. The molecule has 1 saturated heterocycles. The largest absolute Gasteiger partial charge is 0.508 e. The highest BCUT2D eigenvalue weighted by Crippen LogP contribution is 2.57. The van der Waals surface area contributed by atoms with Gasteiger partial charge in [0, 0.05) is 33.2 Å². The number of carbonyl (C=O) groups excluding carboxylic acids is 4. The van der Waals surface area contributed by atoms with Crippen LogP contribution in [-0.2, 0) is 19.2 Å². The van der Waals surface area contributed by atoms with Gasteiger partial charge in [0.1, 0.15) is 5.75 Å². The molecule has 7 heteroatoms. The molecule has 198 valence electrons. The maximum Gasteiger partial charge on any atom is 0.238 e. The number of phenols is 1. The molecule has 1 aliphatic heterocycles. The predicted octanol–water partition coefficient (Wildman–Crippen LogP) is 5.83. The molecule has 0 unspecified atom stereocenters. The van der Waals surface area contributed by atoms with E-state index in [1.807, 2.05) is 36.4 Å². The highest BCUT2D eigenvalue weighted by Gasteiger charge is 2.57. The van der Waals surface area contributed by atoms with Gasteiger partial charge in [-0.2, -0.15) is 0 Å². The van der Waals surface area contributed by atoms with Crippen LogP contribution in [0.4, 0.5) is 5.69 Å². The van der Waals surface area contributed by atoms with Crippen LogP contribution in [0.1, 0.15) is 31.2 Å². The van der Waals surface area contributed by atoms with Crippen LogP contribution in [0.3, 0.4) is 0 Å². The number of carbonyl (C=O) groups is 4. The average Bonchev–Trinajstić information content (AvgIpc) is 3.21. The second-order valence-corrected chi connectivity index (χ2v) is 11.4. The Morgan fingerprint density at radius 2 is 1.65 bits per heavy atom. The number of rotatable bonds is 2. The molecule has 4 atom stereocenters. The molecule has 6 nitrogen and oxygen atoms in total. The Kier molecular flexibility index (Phi) is 5.48. The minimum atomic E-state index is -0.714. The van der Waals surface area contributed by atoms with Gasteiger partial charge < -0.3 is 5.11 Å². The summed E-state index contributed by atoms with van der Waals surface area (Å²) < 4.78 is 0. The second kappa shape index (κ2) is 8.86. The van der Waals surface area contributed by atoms with E-state index in [2.05, 4.69) is 0 Å². The lowest BCUT2D eigenvalue weighted by Crippen LogP contribution is -2.40. The zero-order chi connectivity index (χ0) is 27.9. The minimum absolute atomic E-state index is 0.0169. The standard InChI is InChI=1S/C33H24ClNO5/c1-16-14-26(37)24-15-23-21(11-12-22-27(23)33(40)35(32(22)39)19-9-7-18(34)8-10-19)29(30(24)31(16)38)28-20-5-3-2-4-17(20)6-13-25(28)36/h2-11,13-14,22-23,27,29,36H,12,15H2,1H3/t22-,23+,27-,29+/m0/s1. The predicted molar refractivity (Wildman–Crippen MR) is 151 cm³/mol. The second-order valence-electron chi connectivity index (χ2n) is 10.9. The Hall–Kier alpha value is -4.29. The third-order valence-corrected chi connectivity index (χ3v) is 9.14. The topological polar surface area (TPSA) is 91.8 Å². The van der Waals surface area contributed by atoms with Crippen LogP contribution in [-0.4, -0.2) is 28.5 Å². The molecule has 1 N–H and O–H groups in total. The van der Waals surface area contributed by atoms with E-state index in [9.17, 15) is 24.3 Å². The van der Waals surface area contributed by atoms with Crippen molar-refractivity contribution in [2.45, 2.75) is 25.7 Å². The van der Waals surface area contributed by atoms with Crippen molar-refractivity contribution in [1.29, 1.82) is 0 Å². The molecule has 3 aromatic rings. The third-order valence-electron chi connectivity index (χ3n) is 8.89. The van der Waals surface area contributed by atoms with Crippen molar-refractivity contribution in [3.05, 3.63) is 106 Å². The quantitative estimate of drug-likeness (QED) is 0.246. The lowest BCUT2D eigenvalue weighted by atomic mass is 9.59. The molecule has 0 bridgehead atoms. The van der Waals surface area contributed by atoms with E-state index in [0.29, 0.717) is 39.4 Å². The van der Waals surface area contributed by atoms with Gasteiger partial charge in [-0.3, -0.25) is 24.1 Å². The third kappa shape index (κ3) is 3.42. The van der Waals surface area contributed by atoms with Crippen molar-refractivity contribution in [3.8, 4) is 5.75 Å². The summed E-state index contributed by atoms with van der Waals surface area (Å²) in [4.78, 5) is 55.9. The monoisotopic (exact) mass is 549 g/mol. The van der Waals surface area contributed by atoms with Gasteiger partial charge in [-0.1, -0.05) is 53.6 Å². The number of hydrogen-bond acceptors (Lipinski definition) is 5. The van der Waals surface area contributed by atoms with E-state index in [1.54, 1.807) is 37.3 Å². The van der Waals surface area contributed by atoms with Crippen LogP contribution in [0.15, 0.2) is 95.1 Å². The first kappa shape index (κ1) is 24.7. The molecular formula is C33H24ClNO5. The number of fused-ring (bicyclic) bond motifs is 4. The summed E-state index contributed by atoms with van der Waals surface area (Å²) in [5, 5.41) is 13.4. The Morgan fingerprint density at radius 1 is 0.900 bits per heavy atom. The number of benzene rings is 3. The van der Waals surface area contributed by atoms with E-state index >= 15 is 0 Å². The maximum absolute atomic E-state index is 14.0. The van der Waals surface area contributed by atoms with E-state index in [4.69, 9.17) is 11.6 Å². The summed E-state index contributed by atoms with van der Waals surface area (Å²) in [5.41, 5.74) is 2.88. The smallest absolute Gasteiger partial charge is 0.238 e. The van der Waals surface area contributed by atoms with E-state index in [0.717, 1.165) is 16.3 Å². The first-order valence-corrected chi connectivity index (χ1v) is 13.7. The van der Waals surface area contributed by atoms with Crippen molar-refractivity contribution in [2.24, 2.45) is 17.8 Å². The van der Waals surface area contributed by atoms with Crippen molar-refractivity contribution < 1.29 is 24.3 Å². The number of nitrogens with zero attached hydrogens (tertiary/aromatic N) is 1. The Labute approximate surface area is 235 Å². The summed E-state index contributed by atoms with van der Waals surface area (Å²) in [5.74, 6) is -3.53. The number of halogens is 1. The molecule has 0 saturated carbocycles. The van der Waals surface area contributed by atoms with Crippen LogP contribution >= 0.6 is 11.6 Å². The number of imide groups is 1. The number of hydrogen-bond donors (Lipinski definition) is 1. The molecule has 40 heavy (non-hydrogen) atoms. The fourth-order valence-corrected chi connectivity index (χ4v) is 7.25. The van der Waals surface area contributed by atoms with Crippen LogP contribution in [0.5, 0.6) is 5.75 Å². The van der Waals surface area contributed by atoms with Gasteiger partial charge in [0.05, 0.1) is 17.5 Å². The lowest BCUT2D eigenvalue weighted by Gasteiger charge is -2.42. The summed E-state index contributed by atoms with van der Waals surface area (Å²) in [6.07, 6.45) is 3.83. The van der Waals surface area contributed by atoms with Gasteiger partial charge in [0.2, 0.25) is 11.8 Å². The number of Topliss-reactive ketones (excluding diaryl/α,β-unsaturated/α-hetero) is 1. The highest BCUT2D eigenvalue weighted by atomic mass is 35.5. The van der Waals surface area contributed by atoms with Crippen molar-refractivity contribution in [3.63, 3.8) is 0 Å². The van der Waals surface area contributed by atoms with Gasteiger partial charge in [-0.15, -0.1) is 0 Å². The lowest BCUT2D eigenvalue weighted by molar-refractivity contribution is -0.123. The Morgan fingerprint density at radius 3 is 2.42 bits per heavy atom. The first-order chi connectivity index (χ1) is 19.3. The number of anilines is 1. The number of allylic oxidation sites excluding steroid dienone is 6. The zero-order valence-electron chi connectivity index (χ0n) is 21.6.